The minimum Gasteiger partial charge on any atom is -0.468 e. The van der Waals surface area contributed by atoms with Crippen LogP contribution in [0.4, 0.5) is 0 Å². The lowest BCUT2D eigenvalue weighted by molar-refractivity contribution is -0.147. The fraction of sp³-hybridized carbons (Fsp3) is 0.278. The highest BCUT2D eigenvalue weighted by Gasteiger charge is 2.40. The third-order valence-electron chi connectivity index (χ3n) is 2.97. The molecule has 0 spiro atoms. The second-order valence-corrected chi connectivity index (χ2v) is 4.17. The molecule has 0 radical (unpaired) electrons. The molecule has 2 heteroatoms. The number of esters is 1. The van der Waals surface area contributed by atoms with Gasteiger partial charge in [-0.1, -0.05) is 42.2 Å². The van der Waals surface area contributed by atoms with E-state index in [1.54, 1.807) is 6.92 Å². The Bertz CT molecular complexity index is 615. The van der Waals surface area contributed by atoms with Crippen molar-refractivity contribution in [3.05, 3.63) is 35.9 Å². The van der Waals surface area contributed by atoms with E-state index in [4.69, 9.17) is 11.2 Å². The fourth-order valence-corrected chi connectivity index (χ4v) is 1.96. The van der Waals surface area contributed by atoms with Crippen LogP contribution in [0.1, 0.15) is 25.3 Å². The molecule has 0 unspecified atom stereocenters. The van der Waals surface area contributed by atoms with Gasteiger partial charge in [0.2, 0.25) is 0 Å². The summed E-state index contributed by atoms with van der Waals surface area (Å²) in [5.41, 5.74) is -0.128. The molecule has 0 fully saturated rings. The molecule has 0 aliphatic heterocycles. The fourth-order valence-electron chi connectivity index (χ4n) is 1.96. The number of ether oxygens (including phenoxy) is 1. The van der Waals surface area contributed by atoms with Gasteiger partial charge in [0.25, 0.3) is 0 Å². The molecule has 0 saturated heterocycles. The third-order valence-corrected chi connectivity index (χ3v) is 2.97. The minimum absolute atomic E-state index is 0.234. The molecule has 100 valence electrons. The highest BCUT2D eigenvalue weighted by molar-refractivity contribution is 5.84. The van der Waals surface area contributed by atoms with Crippen LogP contribution >= 0.6 is 0 Å². The number of rotatable bonds is 4. The van der Waals surface area contributed by atoms with E-state index in [0.29, 0.717) is 0 Å². The molecule has 0 aromatic heterocycles. The first-order valence-electron chi connectivity index (χ1n) is 6.18. The van der Waals surface area contributed by atoms with Crippen LogP contribution in [0.15, 0.2) is 30.3 Å². The maximum absolute atomic E-state index is 12.3. The molecule has 1 rings (SSSR count). The van der Waals surface area contributed by atoms with Crippen molar-refractivity contribution in [1.82, 2.24) is 0 Å². The Hall–Kier alpha value is -2.63. The first-order chi connectivity index (χ1) is 9.71. The SMILES string of the molecule is C#CC[C@](CC#CC#CC)(C(=O)OC)c1ccccc1. The van der Waals surface area contributed by atoms with Crippen molar-refractivity contribution in [3.63, 3.8) is 0 Å². The van der Waals surface area contributed by atoms with Gasteiger partial charge in [-0.2, -0.15) is 0 Å². The zero-order valence-electron chi connectivity index (χ0n) is 11.7. The summed E-state index contributed by atoms with van der Waals surface area (Å²) in [6.07, 6.45) is 5.96. The molecule has 1 aromatic carbocycles. The summed E-state index contributed by atoms with van der Waals surface area (Å²) in [4.78, 5) is 12.3. The van der Waals surface area contributed by atoms with Crippen molar-refractivity contribution >= 4 is 5.97 Å². The second-order valence-electron chi connectivity index (χ2n) is 4.17. The van der Waals surface area contributed by atoms with Crippen LogP contribution in [0, 0.1) is 36.0 Å². The average Bonchev–Trinajstić information content (AvgIpc) is 2.50. The smallest absolute Gasteiger partial charge is 0.318 e. The van der Waals surface area contributed by atoms with Crippen LogP contribution < -0.4 is 0 Å². The first kappa shape index (κ1) is 15.4. The van der Waals surface area contributed by atoms with Crippen molar-refractivity contribution in [1.29, 1.82) is 0 Å². The molecule has 0 heterocycles. The molecule has 1 aromatic rings. The zero-order chi connectivity index (χ0) is 14.8. The quantitative estimate of drug-likeness (QED) is 0.617. The normalized spacial score (nSPS) is 11.7. The molecule has 0 bridgehead atoms. The van der Waals surface area contributed by atoms with E-state index in [2.05, 4.69) is 29.6 Å². The number of hydrogen-bond acceptors (Lipinski definition) is 2. The van der Waals surface area contributed by atoms with Crippen molar-refractivity contribution < 1.29 is 9.53 Å². The summed E-state index contributed by atoms with van der Waals surface area (Å²) in [7, 11) is 1.36. The van der Waals surface area contributed by atoms with Crippen LogP contribution in [0.5, 0.6) is 0 Å². The number of terminal acetylenes is 1. The van der Waals surface area contributed by atoms with Gasteiger partial charge in [0.15, 0.2) is 0 Å². The zero-order valence-corrected chi connectivity index (χ0v) is 11.7. The maximum Gasteiger partial charge on any atom is 0.318 e. The summed E-state index contributed by atoms with van der Waals surface area (Å²) in [6.45, 7) is 1.71. The van der Waals surface area contributed by atoms with Gasteiger partial charge in [-0.25, -0.2) is 0 Å². The Morgan fingerprint density at radius 1 is 1.25 bits per heavy atom. The van der Waals surface area contributed by atoms with Crippen LogP contribution in [0.3, 0.4) is 0 Å². The summed E-state index contributed by atoms with van der Waals surface area (Å²) in [5.74, 6) is 13.1. The van der Waals surface area contributed by atoms with Crippen molar-refractivity contribution in [2.45, 2.75) is 25.2 Å². The van der Waals surface area contributed by atoms with E-state index in [0.717, 1.165) is 5.56 Å². The number of carbonyl (C=O) groups is 1. The van der Waals surface area contributed by atoms with Gasteiger partial charge < -0.3 is 4.74 Å². The summed E-state index contributed by atoms with van der Waals surface area (Å²) < 4.78 is 4.94. The third kappa shape index (κ3) is 3.44. The Labute approximate surface area is 120 Å². The predicted octanol–water partition coefficient (Wildman–Crippen LogP) is 2.54. The van der Waals surface area contributed by atoms with Crippen LogP contribution in [0.25, 0.3) is 0 Å². The molecule has 2 nitrogen and oxygen atoms in total. The summed E-state index contributed by atoms with van der Waals surface area (Å²) >= 11 is 0. The van der Waals surface area contributed by atoms with Gasteiger partial charge in [0.05, 0.1) is 7.11 Å². The van der Waals surface area contributed by atoms with Crippen molar-refractivity contribution in [3.8, 4) is 36.0 Å². The van der Waals surface area contributed by atoms with E-state index < -0.39 is 5.41 Å². The lowest BCUT2D eigenvalue weighted by Crippen LogP contribution is -2.36. The van der Waals surface area contributed by atoms with Gasteiger partial charge in [-0.15, -0.1) is 12.3 Å². The Morgan fingerprint density at radius 3 is 2.50 bits per heavy atom. The van der Waals surface area contributed by atoms with E-state index in [-0.39, 0.29) is 18.8 Å². The molecular formula is C18H16O2. The Kier molecular flexibility index (Phi) is 5.96. The largest absolute Gasteiger partial charge is 0.468 e. The van der Waals surface area contributed by atoms with Gasteiger partial charge in [0, 0.05) is 12.8 Å². The maximum atomic E-state index is 12.3. The van der Waals surface area contributed by atoms with E-state index in [1.807, 2.05) is 30.3 Å². The number of hydrogen-bond donors (Lipinski definition) is 0. The molecule has 0 saturated carbocycles. The Morgan fingerprint density at radius 2 is 1.95 bits per heavy atom. The monoisotopic (exact) mass is 264 g/mol. The first-order valence-corrected chi connectivity index (χ1v) is 6.18. The molecule has 20 heavy (non-hydrogen) atoms. The minimum atomic E-state index is -0.937. The molecule has 0 aliphatic carbocycles. The van der Waals surface area contributed by atoms with E-state index in [1.165, 1.54) is 7.11 Å². The lowest BCUT2D eigenvalue weighted by Gasteiger charge is -2.27. The topological polar surface area (TPSA) is 26.3 Å². The number of benzene rings is 1. The lowest BCUT2D eigenvalue weighted by atomic mass is 9.75. The summed E-state index contributed by atoms with van der Waals surface area (Å²) in [6, 6.07) is 9.34. The highest BCUT2D eigenvalue weighted by Crippen LogP contribution is 2.32. The highest BCUT2D eigenvalue weighted by atomic mass is 16.5. The second kappa shape index (κ2) is 7.73. The van der Waals surface area contributed by atoms with Crippen molar-refractivity contribution in [2.24, 2.45) is 0 Å². The van der Waals surface area contributed by atoms with E-state index in [9.17, 15) is 4.79 Å². The van der Waals surface area contributed by atoms with Crippen molar-refractivity contribution in [2.75, 3.05) is 7.11 Å². The number of methoxy groups -OCH3 is 1. The molecule has 0 aliphatic rings. The number of carbonyl (C=O) groups excluding carboxylic acids is 1. The van der Waals surface area contributed by atoms with Crippen LogP contribution in [0.2, 0.25) is 0 Å². The molecule has 1 atom stereocenters. The van der Waals surface area contributed by atoms with Gasteiger partial charge in [-0.3, -0.25) is 4.79 Å². The van der Waals surface area contributed by atoms with Crippen LogP contribution in [-0.4, -0.2) is 13.1 Å². The average molecular weight is 264 g/mol. The molecular weight excluding hydrogens is 248 g/mol. The predicted molar refractivity (Wildman–Crippen MR) is 79.4 cm³/mol. The molecule has 0 amide bonds. The van der Waals surface area contributed by atoms with E-state index >= 15 is 0 Å². The summed E-state index contributed by atoms with van der Waals surface area (Å²) in [5, 5.41) is 0. The Balaban J connectivity index is 3.29. The molecule has 0 N–H and O–H groups in total. The van der Waals surface area contributed by atoms with Gasteiger partial charge >= 0.3 is 5.97 Å². The van der Waals surface area contributed by atoms with Gasteiger partial charge in [0.1, 0.15) is 5.41 Å². The van der Waals surface area contributed by atoms with Crippen LogP contribution in [-0.2, 0) is 14.9 Å². The standard InChI is InChI=1S/C18H16O2/c1-4-6-7-11-15-18(14-5-2,17(19)20-3)16-12-9-8-10-13-16/h2,8-10,12-13H,14-15H2,1,3H3/t18-/m1/s1. The van der Waals surface area contributed by atoms with Gasteiger partial charge in [-0.05, 0) is 24.3 Å².